The van der Waals surface area contributed by atoms with Gasteiger partial charge in [-0.15, -0.1) is 11.8 Å². The van der Waals surface area contributed by atoms with Crippen LogP contribution >= 0.6 is 11.8 Å². The molecule has 40 heavy (non-hydrogen) atoms. The number of benzene rings is 1. The lowest BCUT2D eigenvalue weighted by molar-refractivity contribution is 0.624. The maximum atomic E-state index is 15.1. The Balaban J connectivity index is 1.91. The standard InChI is InChI=1S/C30H37FN8S/c1-7-18(2)27(23(17-32)29-33-13-8-14-34-29)28(21-9-10-21)30(36-26-15-19(3)37-38-26)35-20(4)39(5)25-12-11-22(40-6)16-24(25)31/h8,11-17,21H,7,9-10,32H2,1-6H3,(H2,36,37,38)/b23-17-,27-18+,30-28+,35-20+. The Hall–Kier alpha value is -3.92. The molecule has 0 aliphatic heterocycles. The minimum Gasteiger partial charge on any atom is -0.404 e. The number of H-pyrrole nitrogens is 1. The molecule has 10 heteroatoms. The van der Waals surface area contributed by atoms with Crippen LogP contribution in [0.5, 0.6) is 0 Å². The van der Waals surface area contributed by atoms with Gasteiger partial charge >= 0.3 is 0 Å². The Morgan fingerprint density at radius 2 is 1.98 bits per heavy atom. The van der Waals surface area contributed by atoms with Gasteiger partial charge in [0.15, 0.2) is 11.6 Å². The van der Waals surface area contributed by atoms with E-state index in [-0.39, 0.29) is 11.7 Å². The minimum atomic E-state index is -0.301. The van der Waals surface area contributed by atoms with Gasteiger partial charge < -0.3 is 16.0 Å². The highest BCUT2D eigenvalue weighted by Crippen LogP contribution is 2.46. The molecule has 1 aromatic carbocycles. The summed E-state index contributed by atoms with van der Waals surface area (Å²) < 4.78 is 15.1. The number of thioether (sulfide) groups is 1. The fourth-order valence-electron chi connectivity index (χ4n) is 4.43. The zero-order chi connectivity index (χ0) is 28.8. The number of nitrogens with one attached hydrogen (secondary N) is 2. The smallest absolute Gasteiger partial charge is 0.161 e. The van der Waals surface area contributed by atoms with Crippen LogP contribution in [0.15, 0.2) is 81.4 Å². The fourth-order valence-corrected chi connectivity index (χ4v) is 4.86. The molecule has 1 saturated carbocycles. The van der Waals surface area contributed by atoms with Crippen molar-refractivity contribution in [3.8, 4) is 0 Å². The van der Waals surface area contributed by atoms with Gasteiger partial charge in [-0.25, -0.2) is 19.4 Å². The van der Waals surface area contributed by atoms with Gasteiger partial charge in [-0.1, -0.05) is 12.5 Å². The third-order valence-electron chi connectivity index (χ3n) is 6.94. The molecule has 0 amide bonds. The highest BCUT2D eigenvalue weighted by atomic mass is 32.2. The molecule has 2 heterocycles. The zero-order valence-electron chi connectivity index (χ0n) is 23.9. The molecule has 4 N–H and O–H groups in total. The van der Waals surface area contributed by atoms with E-state index in [1.165, 1.54) is 11.8 Å². The number of aromatic amines is 1. The lowest BCUT2D eigenvalue weighted by atomic mass is 9.89. The molecular weight excluding hydrogens is 523 g/mol. The molecular formula is C30H37FN8S. The number of nitrogens with two attached hydrogens (primary N) is 1. The summed E-state index contributed by atoms with van der Waals surface area (Å²) in [6, 6.07) is 8.95. The SMILES string of the molecule is CC/C(C)=C(C(=C\N)\c1ncccn1)/C(=C(\N=C(/C)N(C)c1ccc(SC)cc1F)Nc1cc(C)[nH]n1)C1CC1. The molecule has 0 saturated heterocycles. The monoisotopic (exact) mass is 560 g/mol. The van der Waals surface area contributed by atoms with Gasteiger partial charge in [-0.3, -0.25) is 5.10 Å². The van der Waals surface area contributed by atoms with Crippen LogP contribution in [-0.2, 0) is 0 Å². The number of anilines is 2. The second kappa shape index (κ2) is 13.0. The Kier molecular flexibility index (Phi) is 9.42. The minimum absolute atomic E-state index is 0.261. The first kappa shape index (κ1) is 29.1. The maximum Gasteiger partial charge on any atom is 0.161 e. The van der Waals surface area contributed by atoms with E-state index in [9.17, 15) is 0 Å². The van der Waals surface area contributed by atoms with Gasteiger partial charge in [0.1, 0.15) is 17.5 Å². The van der Waals surface area contributed by atoms with Crippen LogP contribution in [-0.4, -0.2) is 39.3 Å². The van der Waals surface area contributed by atoms with Crippen molar-refractivity contribution in [3.05, 3.63) is 88.8 Å². The van der Waals surface area contributed by atoms with E-state index in [2.05, 4.69) is 39.3 Å². The summed E-state index contributed by atoms with van der Waals surface area (Å²) in [6.07, 6.45) is 9.77. The molecule has 2 aromatic heterocycles. The molecule has 0 unspecified atom stereocenters. The molecule has 0 radical (unpaired) electrons. The molecule has 3 aromatic rings. The number of amidine groups is 1. The number of allylic oxidation sites excluding steroid dienone is 4. The first-order valence-electron chi connectivity index (χ1n) is 13.3. The summed E-state index contributed by atoms with van der Waals surface area (Å²) in [5, 5.41) is 10.9. The van der Waals surface area contributed by atoms with Gasteiger partial charge in [0.05, 0.1) is 5.69 Å². The van der Waals surface area contributed by atoms with E-state index in [0.29, 0.717) is 29.0 Å². The third kappa shape index (κ3) is 6.62. The first-order valence-corrected chi connectivity index (χ1v) is 14.5. The van der Waals surface area contributed by atoms with Crippen molar-refractivity contribution in [2.24, 2.45) is 16.6 Å². The molecule has 1 aliphatic rings. The average Bonchev–Trinajstić information content (AvgIpc) is 3.72. The Morgan fingerprint density at radius 1 is 1.25 bits per heavy atom. The van der Waals surface area contributed by atoms with E-state index in [0.717, 1.165) is 52.1 Å². The molecule has 4 rings (SSSR count). The molecule has 8 nitrogen and oxygen atoms in total. The van der Waals surface area contributed by atoms with Gasteiger partial charge in [0.25, 0.3) is 0 Å². The van der Waals surface area contributed by atoms with Gasteiger partial charge in [0.2, 0.25) is 0 Å². The first-order chi connectivity index (χ1) is 19.3. The number of hydrogen-bond acceptors (Lipinski definition) is 7. The van der Waals surface area contributed by atoms with E-state index in [4.69, 9.17) is 10.7 Å². The normalized spacial score (nSPS) is 15.5. The second-order valence-electron chi connectivity index (χ2n) is 9.79. The van der Waals surface area contributed by atoms with E-state index >= 15 is 4.39 Å². The summed E-state index contributed by atoms with van der Waals surface area (Å²) >= 11 is 1.50. The van der Waals surface area contributed by atoms with Crippen LogP contribution in [0.3, 0.4) is 0 Å². The number of aliphatic imine (C=N–C) groups is 1. The highest BCUT2D eigenvalue weighted by Gasteiger charge is 2.34. The van der Waals surface area contributed by atoms with Crippen molar-refractivity contribution in [2.45, 2.75) is 51.9 Å². The maximum absolute atomic E-state index is 15.1. The van der Waals surface area contributed by atoms with Crippen LogP contribution in [0.1, 0.15) is 51.6 Å². The Morgan fingerprint density at radius 3 is 2.52 bits per heavy atom. The predicted octanol–water partition coefficient (Wildman–Crippen LogP) is 6.68. The topological polar surface area (TPSA) is 108 Å². The van der Waals surface area contributed by atoms with E-state index in [1.54, 1.807) is 41.7 Å². The van der Waals surface area contributed by atoms with Crippen LogP contribution < -0.4 is 16.0 Å². The summed E-state index contributed by atoms with van der Waals surface area (Å²) in [7, 11) is 1.82. The van der Waals surface area contributed by atoms with Gasteiger partial charge in [-0.2, -0.15) is 5.10 Å². The van der Waals surface area contributed by atoms with Gasteiger partial charge in [-0.05, 0) is 82.0 Å². The summed E-state index contributed by atoms with van der Waals surface area (Å²) in [5.74, 6) is 2.41. The molecule has 0 spiro atoms. The van der Waals surface area contributed by atoms with Gasteiger partial charge in [0, 0.05) is 53.4 Å². The number of rotatable bonds is 10. The molecule has 1 fully saturated rings. The molecule has 0 atom stereocenters. The van der Waals surface area contributed by atoms with Crippen molar-refractivity contribution >= 4 is 34.7 Å². The second-order valence-corrected chi connectivity index (χ2v) is 10.7. The van der Waals surface area contributed by atoms with Crippen LogP contribution in [0.25, 0.3) is 5.57 Å². The zero-order valence-corrected chi connectivity index (χ0v) is 24.7. The molecule has 1 aliphatic carbocycles. The Bertz CT molecular complexity index is 1470. The number of nitrogens with zero attached hydrogens (tertiary/aromatic N) is 5. The van der Waals surface area contributed by atoms with Crippen molar-refractivity contribution in [3.63, 3.8) is 0 Å². The van der Waals surface area contributed by atoms with E-state index in [1.807, 2.05) is 39.3 Å². The Labute approximate surface area is 239 Å². The summed E-state index contributed by atoms with van der Waals surface area (Å²) in [6.45, 7) is 8.04. The number of hydrogen-bond donors (Lipinski definition) is 3. The molecule has 210 valence electrons. The number of halogens is 1. The largest absolute Gasteiger partial charge is 0.404 e. The quantitative estimate of drug-likeness (QED) is 0.110. The van der Waals surface area contributed by atoms with Crippen molar-refractivity contribution in [1.29, 1.82) is 0 Å². The lowest BCUT2D eigenvalue weighted by Crippen LogP contribution is -2.25. The summed E-state index contributed by atoms with van der Waals surface area (Å²) in [5.41, 5.74) is 11.5. The highest BCUT2D eigenvalue weighted by molar-refractivity contribution is 7.98. The van der Waals surface area contributed by atoms with Crippen LogP contribution in [0.4, 0.5) is 15.9 Å². The lowest BCUT2D eigenvalue weighted by Gasteiger charge is -2.23. The fraction of sp³-hybridized carbons (Fsp3) is 0.333. The third-order valence-corrected chi connectivity index (χ3v) is 7.66. The number of aromatic nitrogens is 4. The number of aryl methyl sites for hydroxylation is 1. The van der Waals surface area contributed by atoms with Crippen LogP contribution in [0.2, 0.25) is 0 Å². The molecule has 0 bridgehead atoms. The predicted molar refractivity (Wildman–Crippen MR) is 164 cm³/mol. The van der Waals surface area contributed by atoms with Crippen LogP contribution in [0, 0.1) is 18.7 Å². The van der Waals surface area contributed by atoms with Crippen molar-refractivity contribution in [1.82, 2.24) is 20.2 Å². The summed E-state index contributed by atoms with van der Waals surface area (Å²) in [4.78, 5) is 16.7. The van der Waals surface area contributed by atoms with Crippen molar-refractivity contribution in [2.75, 3.05) is 23.5 Å². The van der Waals surface area contributed by atoms with Crippen molar-refractivity contribution < 1.29 is 4.39 Å². The van der Waals surface area contributed by atoms with E-state index < -0.39 is 0 Å². The average molecular weight is 561 g/mol.